The lowest BCUT2D eigenvalue weighted by Gasteiger charge is -2.49. The van der Waals surface area contributed by atoms with Crippen molar-refractivity contribution in [2.24, 2.45) is 5.92 Å². The van der Waals surface area contributed by atoms with Gasteiger partial charge in [-0.3, -0.25) is 19.2 Å². The molecule has 0 radical (unpaired) electrons. The molecule has 0 aromatic rings. The summed E-state index contributed by atoms with van der Waals surface area (Å²) in [5.41, 5.74) is 0. The van der Waals surface area contributed by atoms with E-state index < -0.39 is 395 Å². The molecule has 0 aliphatic carbocycles. The minimum atomic E-state index is -2.46. The molecule has 3 amide bonds. The zero-order chi connectivity index (χ0) is 96.7. The summed E-state index contributed by atoms with van der Waals surface area (Å²) in [6.45, 7) is 4.13. The lowest BCUT2D eigenvalue weighted by atomic mass is 9.87. The molecule has 0 bridgehead atoms. The van der Waals surface area contributed by atoms with Crippen LogP contribution in [0.25, 0.3) is 0 Å². The molecular weight excluding hydrogens is 1760 g/mol. The van der Waals surface area contributed by atoms with Crippen molar-refractivity contribution < 1.29 is 258 Å². The van der Waals surface area contributed by atoms with Gasteiger partial charge in [-0.05, 0) is 27.7 Å². The molecule has 10 heterocycles. The number of hydrogen-bond acceptors (Lipinski definition) is 52. The van der Waals surface area contributed by atoms with Crippen LogP contribution in [0, 0.1) is 5.92 Å². The average molecular weight is 1890 g/mol. The van der Waals surface area contributed by atoms with Gasteiger partial charge in [0.15, 0.2) is 31.5 Å². The third kappa shape index (κ3) is 26.9. The van der Waals surface area contributed by atoms with Gasteiger partial charge in [-0.15, -0.1) is 0 Å². The van der Waals surface area contributed by atoms with Crippen LogP contribution in [0.1, 0.15) is 61.8 Å². The number of hydrogen-bond donors (Lipinski definition) is 34. The quantitative estimate of drug-likeness (QED) is 0.0244. The molecule has 55 nitrogen and oxygen atoms in total. The van der Waals surface area contributed by atoms with Gasteiger partial charge in [-0.2, -0.15) is 0 Å². The van der Waals surface area contributed by atoms with Gasteiger partial charge in [0.2, 0.25) is 17.7 Å². The first-order chi connectivity index (χ1) is 60.7. The number of aliphatic hydroxyl groups is 31. The van der Waals surface area contributed by atoms with Crippen molar-refractivity contribution in [3.05, 3.63) is 0 Å². The highest BCUT2D eigenvalue weighted by Gasteiger charge is 2.60. The van der Waals surface area contributed by atoms with Crippen LogP contribution in [-0.4, -0.2) is 554 Å². The second kappa shape index (κ2) is 50.4. The molecule has 10 aliphatic heterocycles. The summed E-state index contributed by atoms with van der Waals surface area (Å²) in [6, 6.07) is -4.07. The molecule has 22 unspecified atom stereocenters. The van der Waals surface area contributed by atoms with Crippen LogP contribution in [0.15, 0.2) is 0 Å². The predicted octanol–water partition coefficient (Wildman–Crippen LogP) is -20.7. The molecule has 0 aromatic heterocycles. The Morgan fingerprint density at radius 2 is 0.620 bits per heavy atom. The van der Waals surface area contributed by atoms with Gasteiger partial charge in [-0.1, -0.05) is 6.92 Å². The number of nitrogens with one attached hydrogen (secondary N) is 3. The second-order valence-corrected chi connectivity index (χ2v) is 32.9. The van der Waals surface area contributed by atoms with Gasteiger partial charge in [0.1, 0.15) is 232 Å². The third-order valence-corrected chi connectivity index (χ3v) is 23.6. The Morgan fingerprint density at radius 3 is 0.953 bits per heavy atom. The Labute approximate surface area is 735 Å². The SMILES string of the molecule is CC(=O)NC1C(O)C(O[C@@H]2OC(CO[C@]3(OC=O)C[C@@H](O)[C@@H](C)C(C(O)C(O)CO)O3)[C@H](O)[C@H](O)C2O)[C@H](CO)O[C@H]1OC1[C@@H](O)[C@H](O)C(CO)O[C@@H]1C.CC(=O)NC1C(O)[C@H](O)[C@H](CO)O[C@H]1OC1[C@@H](O)[C@H](O)C(CO)O[C@@H]1C.CC(=O)NC1C(O)[C@H](O[C@@H]2OC(CO)[C@H](O)[C@H](O)C2O)[C@H](CO)O[C@H]1OC1[C@@H](O)[C@H](O)C(CO)O[C@@H]1C.C[C@H]1OC(CO)[C@@H](O)[C@H](O)C1O. The van der Waals surface area contributed by atoms with E-state index in [9.17, 15) is 172 Å². The fourth-order valence-electron chi connectivity index (χ4n) is 16.1. The Kier molecular flexibility index (Phi) is 43.7. The summed E-state index contributed by atoms with van der Waals surface area (Å²) in [5, 5.41) is 319. The molecule has 0 aromatic carbocycles. The summed E-state index contributed by atoms with van der Waals surface area (Å²) in [4.78, 5) is 47.0. The highest BCUT2D eigenvalue weighted by molar-refractivity contribution is 5.74. The van der Waals surface area contributed by atoms with Crippen LogP contribution in [0.3, 0.4) is 0 Å². The van der Waals surface area contributed by atoms with Crippen LogP contribution < -0.4 is 16.0 Å². The molecule has 0 saturated carbocycles. The summed E-state index contributed by atoms with van der Waals surface area (Å²) in [6.07, 6.45) is -66.4. The number of ether oxygens (including phenoxy) is 17. The zero-order valence-corrected chi connectivity index (χ0v) is 71.2. The van der Waals surface area contributed by atoms with E-state index in [0.717, 1.165) is 13.8 Å². The number of rotatable bonds is 29. The van der Waals surface area contributed by atoms with Crippen molar-refractivity contribution in [2.45, 2.75) is 368 Å². The molecule has 55 heteroatoms. The van der Waals surface area contributed by atoms with Crippen molar-refractivity contribution >= 4 is 24.2 Å². The molecule has 51 atom stereocenters. The van der Waals surface area contributed by atoms with E-state index in [0.29, 0.717) is 0 Å². The number of carbonyl (C=O) groups excluding carboxylic acids is 4. The molecule has 10 saturated heterocycles. The fraction of sp³-hybridized carbons (Fsp3) is 0.946. The molecule has 129 heavy (non-hydrogen) atoms. The number of aliphatic hydroxyl groups excluding tert-OH is 31. The van der Waals surface area contributed by atoms with Gasteiger partial charge in [-0.25, -0.2) is 0 Å². The standard InChI is InChI=1S/C31H53NO22.C21H37NO15.C15H27NO10.C7H14O5/c1-10-13(38)4-31(48-9-36,54-26(10)19(40)14(39)5-33)47-8-17-21(42)23(44)25(46)30(51-17)53-28-16(7-35)50-29(18(22(28)43)32-12(3)37)52-27-11(2)49-15(6-34)20(41)24(27)45;1-6-18(16(31)13(28)8(3-23)33-6)36-20-11(22-7(2)26)14(29)19(10(5-25)35-20)37-21-17(32)15(30)12(27)9(4-24)34-21;1-5-14(13(23)11(21)7(3-17)24-5)26-15-9(16-6(2)19)12(22)10(20)8(4-18)25-15;1-3-5(9)7(11)6(10)4(2-8)12-3/h9-11,13-30,33-35,38-46H,4-8H2,1-3H3,(H,32,37);6,8-21,23-25,27-32H,3-5H2,1-2H3,(H,22,26);5,7-15,17-18,20-23H,3-4H2,1-2H3,(H,16,19);3-11H,2H2,1H3/t10-,11-,13-,14?,15?,16+,17?,18?,19?,20-,21+,22?,23+,24+,25?,26?,27?,28?,29+,30+,31+;6-,8?,9?,10+,11?,12+,13-,14?,15+,16+,17?,18?,19-,20+,21+;5-,7?,8+,9?,10-,11-,12?,13+,14?,15+;3-,4?,5?,6-,7-/m1111/s1. The normalized spacial score (nSPS) is 47.7. The number of carbonyl (C=O) groups is 4. The largest absolute Gasteiger partial charge is 0.410 e. The van der Waals surface area contributed by atoms with Crippen molar-refractivity contribution in [3.8, 4) is 0 Å². The molecule has 0 spiro atoms. The predicted molar refractivity (Wildman–Crippen MR) is 408 cm³/mol. The van der Waals surface area contributed by atoms with Crippen LogP contribution in [0.2, 0.25) is 0 Å². The van der Waals surface area contributed by atoms with E-state index in [1.165, 1.54) is 27.7 Å². The van der Waals surface area contributed by atoms with Gasteiger partial charge < -0.3 is 255 Å². The first-order valence-electron chi connectivity index (χ1n) is 41.5. The van der Waals surface area contributed by atoms with E-state index in [4.69, 9.17) is 85.6 Å². The van der Waals surface area contributed by atoms with E-state index in [2.05, 4.69) is 16.0 Å². The Morgan fingerprint density at radius 1 is 0.341 bits per heavy atom. The Hall–Kier alpha value is -4.00. The zero-order valence-electron chi connectivity index (χ0n) is 71.2. The average Bonchev–Trinajstić information content (AvgIpc) is 0.774. The van der Waals surface area contributed by atoms with Gasteiger partial charge in [0.05, 0.1) is 109 Å². The first kappa shape index (κ1) is 112. The summed E-state index contributed by atoms with van der Waals surface area (Å²) in [7, 11) is 0. The van der Waals surface area contributed by atoms with Crippen LogP contribution >= 0.6 is 0 Å². The maximum Gasteiger partial charge on any atom is 0.332 e. The first-order valence-corrected chi connectivity index (χ1v) is 41.5. The van der Waals surface area contributed by atoms with Crippen LogP contribution in [-0.2, 0) is 99.7 Å². The lowest BCUT2D eigenvalue weighted by Crippen LogP contribution is -2.69. The molecule has 34 N–H and O–H groups in total. The molecule has 10 rings (SSSR count). The lowest BCUT2D eigenvalue weighted by molar-refractivity contribution is -0.424. The van der Waals surface area contributed by atoms with Crippen LogP contribution in [0.5, 0.6) is 0 Å². The van der Waals surface area contributed by atoms with Crippen molar-refractivity contribution in [3.63, 3.8) is 0 Å². The third-order valence-electron chi connectivity index (χ3n) is 23.6. The Bertz CT molecular complexity index is 3330. The molecule has 754 valence electrons. The maximum absolute atomic E-state index is 12.2. The fourth-order valence-corrected chi connectivity index (χ4v) is 16.1. The smallest absolute Gasteiger partial charge is 0.332 e. The summed E-state index contributed by atoms with van der Waals surface area (Å²) >= 11 is 0. The highest BCUT2D eigenvalue weighted by atomic mass is 16.9. The maximum atomic E-state index is 12.2. The number of amides is 3. The van der Waals surface area contributed by atoms with E-state index in [1.54, 1.807) is 13.8 Å². The molecule has 10 aliphatic rings. The van der Waals surface area contributed by atoms with Gasteiger partial charge in [0.25, 0.3) is 6.47 Å². The second-order valence-electron chi connectivity index (χ2n) is 32.9. The van der Waals surface area contributed by atoms with Gasteiger partial charge >= 0.3 is 5.97 Å². The minimum Gasteiger partial charge on any atom is -0.410 e. The van der Waals surface area contributed by atoms with E-state index in [1.807, 2.05) is 0 Å². The van der Waals surface area contributed by atoms with Crippen LogP contribution in [0.4, 0.5) is 0 Å². The molecular formula is C74H131N3O52. The molecule has 10 fully saturated rings. The van der Waals surface area contributed by atoms with Crippen molar-refractivity contribution in [1.82, 2.24) is 16.0 Å². The van der Waals surface area contributed by atoms with Crippen molar-refractivity contribution in [1.29, 1.82) is 0 Å². The summed E-state index contributed by atoms with van der Waals surface area (Å²) in [5.74, 6) is -5.19. The Balaban J connectivity index is 0.000000261. The van der Waals surface area contributed by atoms with Gasteiger partial charge in [0, 0.05) is 26.7 Å². The topological polar surface area (TPSA) is 888 Å². The highest BCUT2D eigenvalue weighted by Crippen LogP contribution is 2.41. The van der Waals surface area contributed by atoms with Crippen molar-refractivity contribution in [2.75, 3.05) is 66.1 Å². The summed E-state index contributed by atoms with van der Waals surface area (Å²) < 4.78 is 94.4. The van der Waals surface area contributed by atoms with E-state index in [-0.39, 0.29) is 13.1 Å². The van der Waals surface area contributed by atoms with E-state index >= 15 is 0 Å². The monoisotopic (exact) mass is 1890 g/mol. The minimum absolute atomic E-state index is 0.101.